The summed E-state index contributed by atoms with van der Waals surface area (Å²) in [5, 5.41) is 3.34. The van der Waals surface area contributed by atoms with Crippen LogP contribution in [0.5, 0.6) is 0 Å². The number of aryl methyl sites for hydroxylation is 1. The van der Waals surface area contributed by atoms with Crippen molar-refractivity contribution in [3.8, 4) is 0 Å². The maximum Gasteiger partial charge on any atom is 0.229 e. The van der Waals surface area contributed by atoms with Crippen LogP contribution in [-0.4, -0.2) is 14.7 Å². The van der Waals surface area contributed by atoms with E-state index in [0.29, 0.717) is 5.69 Å². The Bertz CT molecular complexity index is 722. The zero-order valence-electron chi connectivity index (χ0n) is 12.5. The average Bonchev–Trinajstić information content (AvgIpc) is 2.40. The molecule has 4 nitrogen and oxygen atoms in total. The van der Waals surface area contributed by atoms with E-state index in [-0.39, 0.29) is 0 Å². The third-order valence-electron chi connectivity index (χ3n) is 3.39. The van der Waals surface area contributed by atoms with Gasteiger partial charge < -0.3 is 5.32 Å². The van der Waals surface area contributed by atoms with Crippen LogP contribution in [0.15, 0.2) is 42.5 Å². The Labute approximate surface area is 126 Å². The Morgan fingerprint density at radius 1 is 0.952 bits per heavy atom. The summed E-state index contributed by atoms with van der Waals surface area (Å²) in [6.07, 6.45) is 1.14. The first-order chi connectivity index (χ1) is 9.85. The number of anilines is 2. The maximum absolute atomic E-state index is 11.1. The summed E-state index contributed by atoms with van der Waals surface area (Å²) >= 11 is 0. The van der Waals surface area contributed by atoms with Crippen LogP contribution in [0, 0.1) is 13.8 Å². The molecule has 2 N–H and O–H groups in total. The maximum atomic E-state index is 11.1. The van der Waals surface area contributed by atoms with Crippen LogP contribution in [0.2, 0.25) is 0 Å². The van der Waals surface area contributed by atoms with Crippen LogP contribution in [0.4, 0.5) is 11.4 Å². The van der Waals surface area contributed by atoms with Crippen molar-refractivity contribution in [2.24, 2.45) is 0 Å². The molecule has 0 saturated heterocycles. The molecule has 2 aromatic rings. The van der Waals surface area contributed by atoms with Gasteiger partial charge in [-0.05, 0) is 54.8 Å². The minimum atomic E-state index is -3.23. The first-order valence-electron chi connectivity index (χ1n) is 6.72. The second kappa shape index (κ2) is 6.18. The van der Waals surface area contributed by atoms with Gasteiger partial charge in [0.25, 0.3) is 0 Å². The molecule has 0 bridgehead atoms. The predicted molar refractivity (Wildman–Crippen MR) is 88.2 cm³/mol. The van der Waals surface area contributed by atoms with Crippen molar-refractivity contribution < 1.29 is 8.42 Å². The molecule has 0 aliphatic rings. The number of benzene rings is 2. The van der Waals surface area contributed by atoms with Crippen LogP contribution in [0.1, 0.15) is 16.7 Å². The van der Waals surface area contributed by atoms with Crippen LogP contribution in [0.3, 0.4) is 0 Å². The summed E-state index contributed by atoms with van der Waals surface area (Å²) in [7, 11) is -3.23. The summed E-state index contributed by atoms with van der Waals surface area (Å²) in [5.41, 5.74) is 5.35. The summed E-state index contributed by atoms with van der Waals surface area (Å²) in [5.74, 6) is 0. The van der Waals surface area contributed by atoms with Crippen molar-refractivity contribution in [1.82, 2.24) is 0 Å². The van der Waals surface area contributed by atoms with Crippen LogP contribution >= 0.6 is 0 Å². The van der Waals surface area contributed by atoms with Crippen molar-refractivity contribution in [2.75, 3.05) is 16.3 Å². The minimum Gasteiger partial charge on any atom is -0.381 e. The molecule has 21 heavy (non-hydrogen) atoms. The van der Waals surface area contributed by atoms with Gasteiger partial charge in [0.1, 0.15) is 0 Å². The van der Waals surface area contributed by atoms with Gasteiger partial charge in [0.15, 0.2) is 0 Å². The summed E-state index contributed by atoms with van der Waals surface area (Å²) in [6.45, 7) is 4.96. The third kappa shape index (κ3) is 4.49. The Hall–Kier alpha value is -2.01. The van der Waals surface area contributed by atoms with Crippen molar-refractivity contribution in [3.05, 3.63) is 59.2 Å². The Balaban J connectivity index is 2.02. The van der Waals surface area contributed by atoms with Crippen molar-refractivity contribution in [3.63, 3.8) is 0 Å². The molecule has 0 aliphatic heterocycles. The van der Waals surface area contributed by atoms with E-state index in [0.717, 1.165) is 18.5 Å². The molecule has 2 aromatic carbocycles. The molecule has 0 fully saturated rings. The first-order valence-corrected chi connectivity index (χ1v) is 8.61. The lowest BCUT2D eigenvalue weighted by Crippen LogP contribution is -2.09. The molecule has 0 radical (unpaired) electrons. The number of hydrogen-bond acceptors (Lipinski definition) is 3. The molecule has 0 heterocycles. The molecule has 0 spiro atoms. The highest BCUT2D eigenvalue weighted by Crippen LogP contribution is 2.17. The standard InChI is InChI=1S/C16H20N2O2S/c1-12-5-4-6-14(13(12)2)11-17-15-7-9-16(10-8-15)18-21(3,19)20/h4-10,17-18H,11H2,1-3H3. The Morgan fingerprint density at radius 2 is 1.57 bits per heavy atom. The lowest BCUT2D eigenvalue weighted by molar-refractivity contribution is 0.607. The monoisotopic (exact) mass is 304 g/mol. The quantitative estimate of drug-likeness (QED) is 0.891. The number of hydrogen-bond donors (Lipinski definition) is 2. The van der Waals surface area contributed by atoms with Gasteiger partial charge in [-0.2, -0.15) is 0 Å². The van der Waals surface area contributed by atoms with E-state index >= 15 is 0 Å². The third-order valence-corrected chi connectivity index (χ3v) is 3.99. The number of rotatable bonds is 5. The molecule has 0 atom stereocenters. The Morgan fingerprint density at radius 3 is 2.19 bits per heavy atom. The summed E-state index contributed by atoms with van der Waals surface area (Å²) < 4.78 is 24.7. The lowest BCUT2D eigenvalue weighted by atomic mass is 10.0. The first kappa shape index (κ1) is 15.4. The van der Waals surface area contributed by atoms with Crippen LogP contribution in [-0.2, 0) is 16.6 Å². The minimum absolute atomic E-state index is 0.565. The molecule has 0 unspecified atom stereocenters. The van der Waals surface area contributed by atoms with Gasteiger partial charge in [-0.25, -0.2) is 8.42 Å². The topological polar surface area (TPSA) is 58.2 Å². The average molecular weight is 304 g/mol. The van der Waals surface area contributed by atoms with E-state index in [9.17, 15) is 8.42 Å². The van der Waals surface area contributed by atoms with E-state index in [1.54, 1.807) is 12.1 Å². The van der Waals surface area contributed by atoms with Gasteiger partial charge in [0.05, 0.1) is 6.26 Å². The molecule has 0 saturated carbocycles. The zero-order chi connectivity index (χ0) is 15.5. The fraction of sp³-hybridized carbons (Fsp3) is 0.250. The normalized spacial score (nSPS) is 11.2. The molecule has 112 valence electrons. The number of nitrogens with one attached hydrogen (secondary N) is 2. The predicted octanol–water partition coefficient (Wildman–Crippen LogP) is 3.29. The second-order valence-electron chi connectivity index (χ2n) is 5.16. The largest absolute Gasteiger partial charge is 0.381 e. The zero-order valence-corrected chi connectivity index (χ0v) is 13.3. The summed E-state index contributed by atoms with van der Waals surface area (Å²) in [6, 6.07) is 13.5. The van der Waals surface area contributed by atoms with Gasteiger partial charge >= 0.3 is 0 Å². The van der Waals surface area contributed by atoms with Crippen molar-refractivity contribution >= 4 is 21.4 Å². The van der Waals surface area contributed by atoms with E-state index < -0.39 is 10.0 Å². The van der Waals surface area contributed by atoms with Crippen LogP contribution < -0.4 is 10.0 Å². The molecule has 2 rings (SSSR count). The molecular formula is C16H20N2O2S. The van der Waals surface area contributed by atoms with E-state index in [1.807, 2.05) is 12.1 Å². The van der Waals surface area contributed by atoms with Gasteiger partial charge in [0.2, 0.25) is 10.0 Å². The summed E-state index contributed by atoms with van der Waals surface area (Å²) in [4.78, 5) is 0. The number of sulfonamides is 1. The molecule has 0 aliphatic carbocycles. The van der Waals surface area contributed by atoms with E-state index in [2.05, 4.69) is 42.1 Å². The van der Waals surface area contributed by atoms with Crippen molar-refractivity contribution in [1.29, 1.82) is 0 Å². The fourth-order valence-corrected chi connectivity index (χ4v) is 2.64. The highest BCUT2D eigenvalue weighted by Gasteiger charge is 2.03. The molecule has 0 amide bonds. The smallest absolute Gasteiger partial charge is 0.229 e. The van der Waals surface area contributed by atoms with E-state index in [1.165, 1.54) is 16.7 Å². The SMILES string of the molecule is Cc1cccc(CNc2ccc(NS(C)(=O)=O)cc2)c1C. The highest BCUT2D eigenvalue weighted by atomic mass is 32.2. The van der Waals surface area contributed by atoms with Crippen LogP contribution in [0.25, 0.3) is 0 Å². The van der Waals surface area contributed by atoms with E-state index in [4.69, 9.17) is 0 Å². The lowest BCUT2D eigenvalue weighted by Gasteiger charge is -2.11. The second-order valence-corrected chi connectivity index (χ2v) is 6.91. The van der Waals surface area contributed by atoms with Gasteiger partial charge in [0, 0.05) is 17.9 Å². The van der Waals surface area contributed by atoms with Crippen molar-refractivity contribution in [2.45, 2.75) is 20.4 Å². The molecular weight excluding hydrogens is 284 g/mol. The van der Waals surface area contributed by atoms with Gasteiger partial charge in [-0.3, -0.25) is 4.72 Å². The fourth-order valence-electron chi connectivity index (χ4n) is 2.07. The van der Waals surface area contributed by atoms with Gasteiger partial charge in [-0.1, -0.05) is 18.2 Å². The van der Waals surface area contributed by atoms with Gasteiger partial charge in [-0.15, -0.1) is 0 Å². The highest BCUT2D eigenvalue weighted by molar-refractivity contribution is 7.92. The molecule has 5 heteroatoms. The Kier molecular flexibility index (Phi) is 4.53. The molecule has 0 aromatic heterocycles.